The lowest BCUT2D eigenvalue weighted by atomic mass is 9.97. The van der Waals surface area contributed by atoms with Crippen molar-refractivity contribution < 1.29 is 30.0 Å². The van der Waals surface area contributed by atoms with Gasteiger partial charge in [-0.3, -0.25) is 4.79 Å². The Kier molecular flexibility index (Phi) is 7.50. The maximum absolute atomic E-state index is 12.8. The number of amides is 1. The number of carbonyl (C=O) groups excluding carboxylic acids is 1. The van der Waals surface area contributed by atoms with Crippen LogP contribution in [0.15, 0.2) is 84.9 Å². The summed E-state index contributed by atoms with van der Waals surface area (Å²) in [6, 6.07) is 26.3. The Balaban J connectivity index is 1.54. The van der Waals surface area contributed by atoms with Crippen molar-refractivity contribution in [1.29, 1.82) is 0 Å². The zero-order chi connectivity index (χ0) is 23.4. The van der Waals surface area contributed by atoms with Gasteiger partial charge in [0.1, 0.15) is 24.4 Å². The fourth-order valence-corrected chi connectivity index (χ4v) is 6.13. The van der Waals surface area contributed by atoms with Gasteiger partial charge in [-0.15, -0.1) is 0 Å². The van der Waals surface area contributed by atoms with Gasteiger partial charge in [-0.05, 0) is 36.0 Å². The summed E-state index contributed by atoms with van der Waals surface area (Å²) in [4.78, 5) is 12.8. The molecule has 0 aliphatic carbocycles. The molecule has 172 valence electrons. The van der Waals surface area contributed by atoms with Gasteiger partial charge in [0.2, 0.25) is 0 Å². The molecular weight excluding hydrogens is 441 g/mol. The summed E-state index contributed by atoms with van der Waals surface area (Å²) in [7, 11) is -0.810. The highest BCUT2D eigenvalue weighted by atomic mass is 31.1. The molecule has 1 aliphatic rings. The fourth-order valence-electron chi connectivity index (χ4n) is 3.85. The number of benzene rings is 3. The number of aliphatic hydroxyl groups is 4. The summed E-state index contributed by atoms with van der Waals surface area (Å²) >= 11 is 0. The summed E-state index contributed by atoms with van der Waals surface area (Å²) in [6.07, 6.45) is -5.62. The Morgan fingerprint density at radius 3 is 1.82 bits per heavy atom. The van der Waals surface area contributed by atoms with Gasteiger partial charge in [0, 0.05) is 5.56 Å². The van der Waals surface area contributed by atoms with E-state index in [2.05, 4.69) is 29.6 Å². The van der Waals surface area contributed by atoms with E-state index in [1.54, 1.807) is 12.1 Å². The Hall–Kier alpha value is -2.64. The maximum Gasteiger partial charge on any atom is 0.251 e. The van der Waals surface area contributed by atoms with Gasteiger partial charge in [-0.2, -0.15) is 0 Å². The summed E-state index contributed by atoms with van der Waals surface area (Å²) in [5, 5.41) is 45.6. The third-order valence-electron chi connectivity index (χ3n) is 5.61. The van der Waals surface area contributed by atoms with E-state index in [-0.39, 0.29) is 0 Å². The number of aliphatic hydroxyl groups excluding tert-OH is 4. The van der Waals surface area contributed by atoms with Gasteiger partial charge in [-0.25, -0.2) is 0 Å². The van der Waals surface area contributed by atoms with Crippen molar-refractivity contribution in [2.75, 3.05) is 6.61 Å². The molecule has 0 saturated carbocycles. The highest BCUT2D eigenvalue weighted by Gasteiger charge is 2.44. The number of ether oxygens (including phenoxy) is 1. The normalized spacial score (nSPS) is 25.1. The first kappa shape index (κ1) is 23.5. The molecule has 33 heavy (non-hydrogen) atoms. The van der Waals surface area contributed by atoms with Crippen molar-refractivity contribution in [3.05, 3.63) is 90.5 Å². The van der Waals surface area contributed by atoms with Gasteiger partial charge in [0.25, 0.3) is 5.91 Å². The zero-order valence-electron chi connectivity index (χ0n) is 17.7. The van der Waals surface area contributed by atoms with Crippen LogP contribution in [0.1, 0.15) is 10.4 Å². The molecule has 1 unspecified atom stereocenters. The van der Waals surface area contributed by atoms with Crippen LogP contribution in [0.3, 0.4) is 0 Å². The number of carbonyl (C=O) groups is 1. The van der Waals surface area contributed by atoms with Crippen LogP contribution >= 0.6 is 7.92 Å². The topological polar surface area (TPSA) is 119 Å². The first-order valence-corrected chi connectivity index (χ1v) is 12.0. The van der Waals surface area contributed by atoms with E-state index < -0.39 is 51.1 Å². The molecule has 3 aromatic carbocycles. The minimum atomic E-state index is -1.56. The van der Waals surface area contributed by atoms with Crippen molar-refractivity contribution in [2.24, 2.45) is 0 Å². The molecule has 8 heteroatoms. The van der Waals surface area contributed by atoms with Crippen molar-refractivity contribution in [2.45, 2.75) is 30.6 Å². The summed E-state index contributed by atoms with van der Waals surface area (Å²) < 4.78 is 5.10. The number of hydrogen-bond donors (Lipinski definition) is 5. The molecule has 4 rings (SSSR count). The molecule has 5 N–H and O–H groups in total. The highest BCUT2D eigenvalue weighted by molar-refractivity contribution is 7.79. The van der Waals surface area contributed by atoms with Crippen LogP contribution in [0, 0.1) is 0 Å². The molecule has 1 aliphatic heterocycles. The van der Waals surface area contributed by atoms with E-state index >= 15 is 0 Å². The lowest BCUT2D eigenvalue weighted by molar-refractivity contribution is -0.252. The molecule has 0 aromatic heterocycles. The number of nitrogens with one attached hydrogen (secondary N) is 1. The third kappa shape index (κ3) is 5.14. The van der Waals surface area contributed by atoms with Crippen molar-refractivity contribution in [3.8, 4) is 0 Å². The maximum atomic E-state index is 12.8. The van der Waals surface area contributed by atoms with Gasteiger partial charge in [-0.1, -0.05) is 72.8 Å². The predicted molar refractivity (Wildman–Crippen MR) is 126 cm³/mol. The van der Waals surface area contributed by atoms with Crippen LogP contribution in [0.2, 0.25) is 0 Å². The van der Waals surface area contributed by atoms with Crippen LogP contribution in [0.4, 0.5) is 0 Å². The Morgan fingerprint density at radius 2 is 1.30 bits per heavy atom. The van der Waals surface area contributed by atoms with Crippen molar-refractivity contribution in [1.82, 2.24) is 5.32 Å². The lowest BCUT2D eigenvalue weighted by Gasteiger charge is -2.40. The lowest BCUT2D eigenvalue weighted by Crippen LogP contribution is -2.64. The average Bonchev–Trinajstić information content (AvgIpc) is 2.86. The largest absolute Gasteiger partial charge is 0.394 e. The molecule has 3 aromatic rings. The fraction of sp³-hybridized carbons (Fsp3) is 0.240. The highest BCUT2D eigenvalue weighted by Crippen LogP contribution is 2.32. The second-order valence-corrected chi connectivity index (χ2v) is 10.0. The smallest absolute Gasteiger partial charge is 0.251 e. The van der Waals surface area contributed by atoms with Gasteiger partial charge in [0.05, 0.1) is 6.61 Å². The average molecular weight is 467 g/mol. The second kappa shape index (κ2) is 10.5. The van der Waals surface area contributed by atoms with Crippen LogP contribution < -0.4 is 21.2 Å². The summed E-state index contributed by atoms with van der Waals surface area (Å²) in [5.41, 5.74) is 0.341. The Morgan fingerprint density at radius 1 is 0.788 bits per heavy atom. The quantitative estimate of drug-likeness (QED) is 0.325. The third-order valence-corrected chi connectivity index (χ3v) is 8.06. The van der Waals surface area contributed by atoms with Crippen LogP contribution in [-0.2, 0) is 4.74 Å². The first-order chi connectivity index (χ1) is 16.0. The molecule has 0 radical (unpaired) electrons. The minimum Gasteiger partial charge on any atom is -0.394 e. The number of rotatable bonds is 6. The summed E-state index contributed by atoms with van der Waals surface area (Å²) in [6.45, 7) is -0.566. The molecular formula is C25H26NO6P. The SMILES string of the molecule is O=C(N[C@H]1C(O)O[C@H](CO)[C@@H](O)[C@@H]1O)c1ccc(P(c2ccccc2)c2ccccc2)cc1. The number of hydrogen-bond acceptors (Lipinski definition) is 6. The second-order valence-electron chi connectivity index (χ2n) is 7.78. The van der Waals surface area contributed by atoms with E-state index in [0.717, 1.165) is 5.30 Å². The van der Waals surface area contributed by atoms with Gasteiger partial charge >= 0.3 is 0 Å². The molecule has 0 bridgehead atoms. The molecule has 1 amide bonds. The van der Waals surface area contributed by atoms with E-state index in [9.17, 15) is 25.2 Å². The summed E-state index contributed by atoms with van der Waals surface area (Å²) in [5.74, 6) is -0.522. The van der Waals surface area contributed by atoms with E-state index in [0.29, 0.717) is 5.56 Å². The van der Waals surface area contributed by atoms with Gasteiger partial charge < -0.3 is 30.5 Å². The van der Waals surface area contributed by atoms with Gasteiger partial charge in [0.15, 0.2) is 6.29 Å². The Bertz CT molecular complexity index is 1010. The van der Waals surface area contributed by atoms with E-state index in [1.807, 2.05) is 48.5 Å². The van der Waals surface area contributed by atoms with E-state index in [1.165, 1.54) is 10.6 Å². The first-order valence-electron chi connectivity index (χ1n) is 10.6. The van der Waals surface area contributed by atoms with Crippen LogP contribution in [0.5, 0.6) is 0 Å². The molecule has 1 fully saturated rings. The molecule has 7 nitrogen and oxygen atoms in total. The Labute approximate surface area is 193 Å². The van der Waals surface area contributed by atoms with E-state index in [4.69, 9.17) is 4.74 Å². The van der Waals surface area contributed by atoms with Crippen LogP contribution in [-0.4, -0.2) is 63.6 Å². The zero-order valence-corrected chi connectivity index (χ0v) is 18.6. The molecule has 1 saturated heterocycles. The molecule has 1 heterocycles. The minimum absolute atomic E-state index is 0.341. The standard InChI is InChI=1S/C25H26NO6P/c27-15-20-22(28)23(29)21(25(31)32-20)26-24(30)16-11-13-19(14-12-16)33(17-7-3-1-4-8-17)18-9-5-2-6-10-18/h1-14,20-23,25,27-29,31H,15H2,(H,26,30)/t20-,21-,22-,23-,25?/m1/s1. The monoisotopic (exact) mass is 467 g/mol. The van der Waals surface area contributed by atoms with Crippen molar-refractivity contribution >= 4 is 29.7 Å². The van der Waals surface area contributed by atoms with Crippen molar-refractivity contribution in [3.63, 3.8) is 0 Å². The predicted octanol–water partition coefficient (Wildman–Crippen LogP) is -0.0255. The molecule has 0 spiro atoms. The molecule has 5 atom stereocenters. The van der Waals surface area contributed by atoms with Crippen LogP contribution in [0.25, 0.3) is 0 Å².